The average Bonchev–Trinajstić information content (AvgIpc) is 2.85. The summed E-state index contributed by atoms with van der Waals surface area (Å²) >= 11 is 14.0. The second-order valence-electron chi connectivity index (χ2n) is 3.62. The predicted octanol–water partition coefficient (Wildman–Crippen LogP) is 5.19. The summed E-state index contributed by atoms with van der Waals surface area (Å²) < 4.78 is 6.19. The van der Waals surface area contributed by atoms with Crippen LogP contribution in [0.25, 0.3) is 0 Å². The average molecular weight is 275 g/mol. The Morgan fingerprint density at radius 3 is 2.81 bits per heavy atom. The summed E-state index contributed by atoms with van der Waals surface area (Å²) in [5.74, 6) is 0.946. The third-order valence-corrected chi connectivity index (χ3v) is 4.72. The van der Waals surface area contributed by atoms with Gasteiger partial charge in [0.2, 0.25) is 0 Å². The number of furan rings is 1. The van der Waals surface area contributed by atoms with Gasteiger partial charge in [-0.1, -0.05) is 18.5 Å². The van der Waals surface area contributed by atoms with Crippen LogP contribution >= 0.6 is 34.5 Å². The topological polar surface area (TPSA) is 13.1 Å². The van der Waals surface area contributed by atoms with Crippen molar-refractivity contribution in [1.82, 2.24) is 0 Å². The molecule has 0 aliphatic carbocycles. The molecular weight excluding hydrogens is 263 g/mol. The normalized spacial score (nSPS) is 13.0. The Hall–Kier alpha value is -0.440. The van der Waals surface area contributed by atoms with Crippen molar-refractivity contribution in [2.45, 2.75) is 25.6 Å². The lowest BCUT2D eigenvalue weighted by Crippen LogP contribution is -1.92. The molecule has 1 unspecified atom stereocenters. The zero-order valence-electron chi connectivity index (χ0n) is 9.09. The molecule has 0 spiro atoms. The number of hydrogen-bond donors (Lipinski definition) is 0. The molecule has 16 heavy (non-hydrogen) atoms. The second kappa shape index (κ2) is 4.82. The number of thiophene rings is 1. The molecule has 2 rings (SSSR count). The maximum absolute atomic E-state index is 6.43. The molecule has 0 saturated carbocycles. The first-order valence-corrected chi connectivity index (χ1v) is 6.72. The fourth-order valence-corrected chi connectivity index (χ4v) is 3.23. The Morgan fingerprint density at radius 1 is 1.50 bits per heavy atom. The van der Waals surface area contributed by atoms with Crippen LogP contribution < -0.4 is 0 Å². The van der Waals surface area contributed by atoms with Crippen molar-refractivity contribution in [2.75, 3.05) is 0 Å². The maximum atomic E-state index is 6.43. The summed E-state index contributed by atoms with van der Waals surface area (Å²) in [6.07, 6.45) is 2.54. The minimum atomic E-state index is -0.162. The molecule has 0 amide bonds. The highest BCUT2D eigenvalue weighted by Crippen LogP contribution is 2.39. The summed E-state index contributed by atoms with van der Waals surface area (Å²) in [5.41, 5.74) is 2.12. The molecule has 4 heteroatoms. The van der Waals surface area contributed by atoms with Crippen molar-refractivity contribution in [3.8, 4) is 0 Å². The second-order valence-corrected chi connectivity index (χ2v) is 5.74. The van der Waals surface area contributed by atoms with Gasteiger partial charge in [-0.2, -0.15) is 0 Å². The van der Waals surface area contributed by atoms with E-state index in [9.17, 15) is 0 Å². The standard InChI is InChI=1S/C12H12Cl2OS/c1-3-9-8(4-5-15-9)11(13)10-6-7(2)12(14)16-10/h4-6,11H,3H2,1-2H3. The summed E-state index contributed by atoms with van der Waals surface area (Å²) in [6, 6.07) is 3.97. The van der Waals surface area contributed by atoms with Crippen molar-refractivity contribution >= 4 is 34.5 Å². The minimum Gasteiger partial charge on any atom is -0.469 e. The summed E-state index contributed by atoms with van der Waals surface area (Å²) in [6.45, 7) is 4.04. The van der Waals surface area contributed by atoms with E-state index in [0.717, 1.165) is 32.5 Å². The van der Waals surface area contributed by atoms with E-state index in [4.69, 9.17) is 27.6 Å². The zero-order valence-corrected chi connectivity index (χ0v) is 11.4. The van der Waals surface area contributed by atoms with Gasteiger partial charge in [0.25, 0.3) is 0 Å². The van der Waals surface area contributed by atoms with Crippen LogP contribution in [0.3, 0.4) is 0 Å². The maximum Gasteiger partial charge on any atom is 0.108 e. The number of alkyl halides is 1. The quantitative estimate of drug-likeness (QED) is 0.702. The van der Waals surface area contributed by atoms with Crippen LogP contribution in [-0.2, 0) is 6.42 Å². The van der Waals surface area contributed by atoms with Gasteiger partial charge in [-0.25, -0.2) is 0 Å². The molecule has 2 aromatic heterocycles. The number of aryl methyl sites for hydroxylation is 2. The first-order valence-electron chi connectivity index (χ1n) is 5.09. The van der Waals surface area contributed by atoms with Gasteiger partial charge in [0.05, 0.1) is 16.0 Å². The Kier molecular flexibility index (Phi) is 3.63. The fourth-order valence-electron chi connectivity index (χ4n) is 1.63. The van der Waals surface area contributed by atoms with Crippen LogP contribution in [0.4, 0.5) is 0 Å². The third kappa shape index (κ3) is 2.15. The van der Waals surface area contributed by atoms with Crippen molar-refractivity contribution in [3.63, 3.8) is 0 Å². The molecule has 0 bridgehead atoms. The Bertz CT molecular complexity index is 467. The molecule has 0 radical (unpaired) electrons. The monoisotopic (exact) mass is 274 g/mol. The highest BCUT2D eigenvalue weighted by Gasteiger charge is 2.19. The summed E-state index contributed by atoms with van der Waals surface area (Å²) in [4.78, 5) is 1.07. The first kappa shape index (κ1) is 12.0. The van der Waals surface area contributed by atoms with Crippen LogP contribution in [-0.4, -0.2) is 0 Å². The van der Waals surface area contributed by atoms with E-state index in [-0.39, 0.29) is 5.38 Å². The molecule has 1 atom stereocenters. The first-order chi connectivity index (χ1) is 7.63. The largest absolute Gasteiger partial charge is 0.469 e. The molecule has 0 aliphatic rings. The predicted molar refractivity (Wildman–Crippen MR) is 69.8 cm³/mol. The van der Waals surface area contributed by atoms with Crippen LogP contribution in [0.5, 0.6) is 0 Å². The zero-order chi connectivity index (χ0) is 11.7. The number of hydrogen-bond acceptors (Lipinski definition) is 2. The van der Waals surface area contributed by atoms with Crippen molar-refractivity contribution in [2.24, 2.45) is 0 Å². The van der Waals surface area contributed by atoms with Crippen molar-refractivity contribution in [1.29, 1.82) is 0 Å². The third-order valence-electron chi connectivity index (χ3n) is 2.50. The van der Waals surface area contributed by atoms with E-state index in [2.05, 4.69) is 6.92 Å². The van der Waals surface area contributed by atoms with E-state index >= 15 is 0 Å². The molecule has 0 aromatic carbocycles. The molecule has 0 N–H and O–H groups in total. The smallest absolute Gasteiger partial charge is 0.108 e. The van der Waals surface area contributed by atoms with Gasteiger partial charge >= 0.3 is 0 Å². The number of rotatable bonds is 3. The van der Waals surface area contributed by atoms with Gasteiger partial charge in [0.15, 0.2) is 0 Å². The SMILES string of the molecule is CCc1occc1C(Cl)c1cc(C)c(Cl)s1. The highest BCUT2D eigenvalue weighted by molar-refractivity contribution is 7.16. The van der Waals surface area contributed by atoms with Crippen molar-refractivity contribution < 1.29 is 4.42 Å². The Balaban J connectivity index is 2.35. The molecule has 0 saturated heterocycles. The van der Waals surface area contributed by atoms with E-state index in [1.165, 1.54) is 11.3 Å². The molecular formula is C12H12Cl2OS. The molecule has 1 nitrogen and oxygen atoms in total. The van der Waals surface area contributed by atoms with Gasteiger partial charge in [-0.05, 0) is 24.6 Å². The van der Waals surface area contributed by atoms with Crippen LogP contribution in [0.15, 0.2) is 22.8 Å². The highest BCUT2D eigenvalue weighted by atomic mass is 35.5. The molecule has 86 valence electrons. The summed E-state index contributed by atoms with van der Waals surface area (Å²) in [7, 11) is 0. The molecule has 0 fully saturated rings. The fraction of sp³-hybridized carbons (Fsp3) is 0.333. The van der Waals surface area contributed by atoms with Crippen LogP contribution in [0.2, 0.25) is 4.34 Å². The lowest BCUT2D eigenvalue weighted by molar-refractivity contribution is 0.512. The Morgan fingerprint density at radius 2 is 2.25 bits per heavy atom. The van der Waals surface area contributed by atoms with Gasteiger partial charge < -0.3 is 4.42 Å². The van der Waals surface area contributed by atoms with Gasteiger partial charge in [-0.15, -0.1) is 22.9 Å². The van der Waals surface area contributed by atoms with Gasteiger partial charge in [0.1, 0.15) is 5.76 Å². The van der Waals surface area contributed by atoms with E-state index in [1.807, 2.05) is 19.1 Å². The molecule has 2 heterocycles. The van der Waals surface area contributed by atoms with Gasteiger partial charge in [-0.3, -0.25) is 0 Å². The van der Waals surface area contributed by atoms with Crippen LogP contribution in [0, 0.1) is 6.92 Å². The van der Waals surface area contributed by atoms with Gasteiger partial charge in [0, 0.05) is 16.9 Å². The summed E-state index contributed by atoms with van der Waals surface area (Å²) in [5, 5.41) is -0.162. The molecule has 2 aromatic rings. The number of halogens is 2. The van der Waals surface area contributed by atoms with Crippen LogP contribution in [0.1, 0.15) is 34.1 Å². The van der Waals surface area contributed by atoms with E-state index in [1.54, 1.807) is 6.26 Å². The molecule has 0 aliphatic heterocycles. The van der Waals surface area contributed by atoms with E-state index < -0.39 is 0 Å². The Labute approximate surface area is 109 Å². The minimum absolute atomic E-state index is 0.162. The lowest BCUT2D eigenvalue weighted by atomic mass is 10.1. The van der Waals surface area contributed by atoms with E-state index in [0.29, 0.717) is 0 Å². The lowest BCUT2D eigenvalue weighted by Gasteiger charge is -2.06. The van der Waals surface area contributed by atoms with Crippen molar-refractivity contribution in [3.05, 3.63) is 44.5 Å².